The number of rotatable bonds is 5. The van der Waals surface area contributed by atoms with Crippen LogP contribution in [0.5, 0.6) is 0 Å². The van der Waals surface area contributed by atoms with Crippen LogP contribution in [0.1, 0.15) is 16.7 Å². The molecule has 0 saturated carbocycles. The summed E-state index contributed by atoms with van der Waals surface area (Å²) in [6, 6.07) is 13.9. The molecule has 3 rings (SSSR count). The van der Waals surface area contributed by atoms with Gasteiger partial charge in [0.25, 0.3) is 0 Å². The van der Waals surface area contributed by atoms with Crippen molar-refractivity contribution >= 4 is 27.0 Å². The van der Waals surface area contributed by atoms with Crippen LogP contribution in [-0.2, 0) is 22.4 Å². The molecule has 3 aromatic rings. The van der Waals surface area contributed by atoms with E-state index in [1.165, 1.54) is 6.07 Å². The fourth-order valence-corrected chi connectivity index (χ4v) is 4.65. The number of pyridine rings is 1. The highest BCUT2D eigenvalue weighted by Crippen LogP contribution is 2.25. The SMILES string of the molecule is C=S(=O)(c1ccc(C)cc1)c1ccncc1CCc1ccc(Cl)cc1F. The first kappa shape index (κ1) is 18.6. The van der Waals surface area contributed by atoms with E-state index in [1.54, 1.807) is 30.6 Å². The average molecular weight is 388 g/mol. The van der Waals surface area contributed by atoms with Crippen molar-refractivity contribution in [2.75, 3.05) is 0 Å². The third-order valence-corrected chi connectivity index (χ3v) is 6.67. The van der Waals surface area contributed by atoms with Gasteiger partial charge in [-0.2, -0.15) is 0 Å². The van der Waals surface area contributed by atoms with Crippen LogP contribution in [0.4, 0.5) is 4.39 Å². The first-order valence-electron chi connectivity index (χ1n) is 8.19. The summed E-state index contributed by atoms with van der Waals surface area (Å²) in [5.74, 6) is 3.66. The van der Waals surface area contributed by atoms with Crippen molar-refractivity contribution in [3.05, 3.63) is 88.5 Å². The molecule has 5 heteroatoms. The van der Waals surface area contributed by atoms with E-state index in [2.05, 4.69) is 10.9 Å². The van der Waals surface area contributed by atoms with Crippen molar-refractivity contribution in [1.82, 2.24) is 4.98 Å². The molecule has 0 bridgehead atoms. The summed E-state index contributed by atoms with van der Waals surface area (Å²) in [5.41, 5.74) is 2.47. The molecular weight excluding hydrogens is 369 g/mol. The number of aryl methyl sites for hydroxylation is 3. The van der Waals surface area contributed by atoms with Gasteiger partial charge in [-0.15, -0.1) is 0 Å². The smallest absolute Gasteiger partial charge is 0.127 e. The van der Waals surface area contributed by atoms with Crippen LogP contribution >= 0.6 is 11.6 Å². The van der Waals surface area contributed by atoms with E-state index in [0.717, 1.165) is 11.1 Å². The van der Waals surface area contributed by atoms with E-state index in [0.29, 0.717) is 33.2 Å². The van der Waals surface area contributed by atoms with Crippen LogP contribution in [0.2, 0.25) is 5.02 Å². The molecular formula is C21H19ClFNOS. The molecule has 1 heterocycles. The lowest BCUT2D eigenvalue weighted by Gasteiger charge is -2.15. The molecule has 26 heavy (non-hydrogen) atoms. The zero-order valence-electron chi connectivity index (χ0n) is 14.4. The topological polar surface area (TPSA) is 30.0 Å². The lowest BCUT2D eigenvalue weighted by atomic mass is 10.1. The molecule has 1 aromatic heterocycles. The minimum atomic E-state index is -2.66. The Morgan fingerprint density at radius 1 is 1.08 bits per heavy atom. The molecule has 0 amide bonds. The van der Waals surface area contributed by atoms with Crippen molar-refractivity contribution in [2.45, 2.75) is 29.6 Å². The normalized spacial score (nSPS) is 13.3. The van der Waals surface area contributed by atoms with Gasteiger partial charge in [0.1, 0.15) is 5.82 Å². The molecule has 134 valence electrons. The zero-order valence-corrected chi connectivity index (χ0v) is 16.0. The van der Waals surface area contributed by atoms with Crippen molar-refractivity contribution in [3.63, 3.8) is 0 Å². The third kappa shape index (κ3) is 3.97. The Morgan fingerprint density at radius 2 is 1.77 bits per heavy atom. The van der Waals surface area contributed by atoms with Gasteiger partial charge in [-0.25, -0.2) is 4.39 Å². The van der Waals surface area contributed by atoms with Crippen molar-refractivity contribution in [3.8, 4) is 0 Å². The van der Waals surface area contributed by atoms with Gasteiger partial charge < -0.3 is 0 Å². The van der Waals surface area contributed by atoms with Gasteiger partial charge in [-0.1, -0.05) is 35.4 Å². The average Bonchev–Trinajstić information content (AvgIpc) is 2.61. The number of hydrogen-bond donors (Lipinski definition) is 0. The zero-order chi connectivity index (χ0) is 18.7. The van der Waals surface area contributed by atoms with Crippen LogP contribution in [0.25, 0.3) is 0 Å². The summed E-state index contributed by atoms with van der Waals surface area (Å²) >= 11 is 5.80. The van der Waals surface area contributed by atoms with Crippen molar-refractivity contribution in [2.24, 2.45) is 0 Å². The molecule has 0 aliphatic heterocycles. The Kier molecular flexibility index (Phi) is 5.44. The van der Waals surface area contributed by atoms with Crippen LogP contribution in [-0.4, -0.2) is 15.1 Å². The molecule has 0 saturated heterocycles. The van der Waals surface area contributed by atoms with Crippen LogP contribution < -0.4 is 0 Å². The number of hydrogen-bond acceptors (Lipinski definition) is 2. The predicted octanol–water partition coefficient (Wildman–Crippen LogP) is 5.10. The van der Waals surface area contributed by atoms with Gasteiger partial charge in [0, 0.05) is 36.7 Å². The Morgan fingerprint density at radius 3 is 2.46 bits per heavy atom. The van der Waals surface area contributed by atoms with Crippen LogP contribution in [0.15, 0.2) is 70.7 Å². The molecule has 0 aliphatic rings. The molecule has 0 N–H and O–H groups in total. The summed E-state index contributed by atoms with van der Waals surface area (Å²) in [4.78, 5) is 5.47. The summed E-state index contributed by atoms with van der Waals surface area (Å²) in [5, 5.41) is 0.369. The van der Waals surface area contributed by atoms with E-state index >= 15 is 0 Å². The number of halogens is 2. The minimum Gasteiger partial charge on any atom is -0.264 e. The number of aromatic nitrogens is 1. The molecule has 2 nitrogen and oxygen atoms in total. The Balaban J connectivity index is 1.92. The second-order valence-electron chi connectivity index (χ2n) is 6.21. The monoisotopic (exact) mass is 387 g/mol. The highest BCUT2D eigenvalue weighted by Gasteiger charge is 2.16. The third-order valence-electron chi connectivity index (χ3n) is 4.29. The van der Waals surface area contributed by atoms with Gasteiger partial charge in [-0.3, -0.25) is 9.19 Å². The first-order chi connectivity index (χ1) is 12.4. The van der Waals surface area contributed by atoms with Gasteiger partial charge >= 0.3 is 0 Å². The molecule has 2 aromatic carbocycles. The van der Waals surface area contributed by atoms with E-state index < -0.39 is 9.52 Å². The minimum absolute atomic E-state index is 0.336. The molecule has 0 radical (unpaired) electrons. The first-order valence-corrected chi connectivity index (χ1v) is 10.3. The fourth-order valence-electron chi connectivity index (χ4n) is 2.80. The number of nitrogens with zero attached hydrogens (tertiary/aromatic N) is 1. The van der Waals surface area contributed by atoms with E-state index in [9.17, 15) is 8.60 Å². The Bertz CT molecular complexity index is 1030. The van der Waals surface area contributed by atoms with Crippen molar-refractivity contribution < 1.29 is 8.60 Å². The highest BCUT2D eigenvalue weighted by molar-refractivity contribution is 8.00. The van der Waals surface area contributed by atoms with Gasteiger partial charge in [0.2, 0.25) is 0 Å². The second-order valence-corrected chi connectivity index (χ2v) is 8.91. The Hall–Kier alpha value is -2.17. The lowest BCUT2D eigenvalue weighted by Crippen LogP contribution is -2.07. The summed E-state index contributed by atoms with van der Waals surface area (Å²) in [7, 11) is -2.66. The van der Waals surface area contributed by atoms with Crippen LogP contribution in [0, 0.1) is 12.7 Å². The van der Waals surface area contributed by atoms with Gasteiger partial charge in [0.05, 0.1) is 0 Å². The van der Waals surface area contributed by atoms with Crippen molar-refractivity contribution in [1.29, 1.82) is 0 Å². The maximum absolute atomic E-state index is 14.0. The van der Waals surface area contributed by atoms with Gasteiger partial charge in [0.15, 0.2) is 0 Å². The second kappa shape index (κ2) is 7.60. The Labute approximate surface area is 158 Å². The quantitative estimate of drug-likeness (QED) is 0.570. The molecule has 1 unspecified atom stereocenters. The van der Waals surface area contributed by atoms with Gasteiger partial charge in [-0.05, 0) is 67.1 Å². The van der Waals surface area contributed by atoms with E-state index in [1.807, 2.05) is 31.2 Å². The van der Waals surface area contributed by atoms with E-state index in [4.69, 9.17) is 11.6 Å². The predicted molar refractivity (Wildman–Crippen MR) is 106 cm³/mol. The maximum atomic E-state index is 14.0. The number of benzene rings is 2. The fraction of sp³-hybridized carbons (Fsp3) is 0.143. The van der Waals surface area contributed by atoms with Crippen LogP contribution in [0.3, 0.4) is 0 Å². The lowest BCUT2D eigenvalue weighted by molar-refractivity contribution is 0.608. The van der Waals surface area contributed by atoms with E-state index in [-0.39, 0.29) is 5.82 Å². The standard InChI is InChI=1S/C21H19ClFNOS/c1-15-3-9-19(10-4-15)26(2,25)21-11-12-24-14-17(21)6-5-16-7-8-18(22)13-20(16)23/h3-4,7-14H,2,5-6H2,1H3. The summed E-state index contributed by atoms with van der Waals surface area (Å²) in [6.45, 7) is 1.98. The molecule has 0 fully saturated rings. The summed E-state index contributed by atoms with van der Waals surface area (Å²) < 4.78 is 27.4. The largest absolute Gasteiger partial charge is 0.264 e. The molecule has 0 aliphatic carbocycles. The molecule has 0 spiro atoms. The summed E-state index contributed by atoms with van der Waals surface area (Å²) in [6.07, 6.45) is 4.27. The molecule has 1 atom stereocenters. The maximum Gasteiger partial charge on any atom is 0.127 e. The highest BCUT2D eigenvalue weighted by atomic mass is 35.5.